The molecule has 0 saturated carbocycles. The van der Waals surface area contributed by atoms with Gasteiger partial charge in [0.05, 0.1) is 11.3 Å². The van der Waals surface area contributed by atoms with Crippen LogP contribution in [0.25, 0.3) is 10.8 Å². The third-order valence-electron chi connectivity index (χ3n) is 3.99. The molecule has 0 amide bonds. The van der Waals surface area contributed by atoms with Crippen LogP contribution in [0, 0.1) is 0 Å². The van der Waals surface area contributed by atoms with Gasteiger partial charge in [0, 0.05) is 22.8 Å². The molecule has 3 aromatic carbocycles. The van der Waals surface area contributed by atoms with E-state index in [9.17, 15) is 9.90 Å². The van der Waals surface area contributed by atoms with Crippen molar-refractivity contribution in [3.63, 3.8) is 0 Å². The van der Waals surface area contributed by atoms with Crippen LogP contribution in [0.4, 0.5) is 11.4 Å². The van der Waals surface area contributed by atoms with Gasteiger partial charge in [-0.25, -0.2) is 4.79 Å². The molecule has 1 heterocycles. The molecule has 0 saturated heterocycles. The molecule has 0 bridgehead atoms. The largest absolute Gasteiger partial charge is 0.486 e. The van der Waals surface area contributed by atoms with Crippen molar-refractivity contribution in [1.82, 2.24) is 0 Å². The van der Waals surface area contributed by atoms with E-state index in [1.54, 1.807) is 6.07 Å². The minimum atomic E-state index is -1.04. The number of carboxylic acids is 1. The quantitative estimate of drug-likeness (QED) is 0.712. The van der Waals surface area contributed by atoms with Gasteiger partial charge in [-0.3, -0.25) is 0 Å². The van der Waals surface area contributed by atoms with Crippen molar-refractivity contribution in [3.05, 3.63) is 59.1 Å². The Morgan fingerprint density at radius 3 is 2.40 bits per heavy atom. The second kappa shape index (κ2) is 6.18. The number of nitrogens with one attached hydrogen (secondary N) is 1. The first kappa shape index (κ1) is 15.6. The molecule has 3 aromatic rings. The molecule has 126 valence electrons. The first-order valence-corrected chi connectivity index (χ1v) is 8.11. The van der Waals surface area contributed by atoms with Crippen LogP contribution in [0.5, 0.6) is 11.5 Å². The average Bonchev–Trinajstić information content (AvgIpc) is 2.61. The number of rotatable bonds is 3. The maximum absolute atomic E-state index is 11.6. The van der Waals surface area contributed by atoms with Crippen LogP contribution in [0.2, 0.25) is 5.02 Å². The number of benzene rings is 3. The van der Waals surface area contributed by atoms with E-state index in [1.807, 2.05) is 36.4 Å². The molecule has 0 radical (unpaired) electrons. The highest BCUT2D eigenvalue weighted by Gasteiger charge is 2.19. The molecule has 2 N–H and O–H groups in total. The number of hydrogen-bond donors (Lipinski definition) is 2. The molecule has 0 aromatic heterocycles. The van der Waals surface area contributed by atoms with Gasteiger partial charge < -0.3 is 19.9 Å². The number of ether oxygens (including phenoxy) is 2. The van der Waals surface area contributed by atoms with Gasteiger partial charge in [-0.1, -0.05) is 23.7 Å². The first-order chi connectivity index (χ1) is 12.1. The Bertz CT molecular complexity index is 987. The molecule has 0 fully saturated rings. The minimum Gasteiger partial charge on any atom is -0.486 e. The van der Waals surface area contributed by atoms with Crippen molar-refractivity contribution in [2.75, 3.05) is 18.5 Å². The zero-order valence-electron chi connectivity index (χ0n) is 13.1. The SMILES string of the molecule is O=C(O)c1cc2c(cc1Nc1ccc3cc(Cl)ccc3c1)OCCO2. The van der Waals surface area contributed by atoms with Crippen LogP contribution in [-0.2, 0) is 0 Å². The second-order valence-corrected chi connectivity index (χ2v) is 6.11. The van der Waals surface area contributed by atoms with Gasteiger partial charge in [-0.15, -0.1) is 0 Å². The van der Waals surface area contributed by atoms with Gasteiger partial charge in [-0.2, -0.15) is 0 Å². The van der Waals surface area contributed by atoms with E-state index >= 15 is 0 Å². The topological polar surface area (TPSA) is 67.8 Å². The lowest BCUT2D eigenvalue weighted by Gasteiger charge is -2.20. The monoisotopic (exact) mass is 355 g/mol. The molecule has 1 aliphatic heterocycles. The fourth-order valence-corrected chi connectivity index (χ4v) is 3.00. The summed E-state index contributed by atoms with van der Waals surface area (Å²) < 4.78 is 11.0. The van der Waals surface area contributed by atoms with Crippen molar-refractivity contribution in [2.24, 2.45) is 0 Å². The van der Waals surface area contributed by atoms with Crippen LogP contribution < -0.4 is 14.8 Å². The van der Waals surface area contributed by atoms with Crippen molar-refractivity contribution < 1.29 is 19.4 Å². The standard InChI is InChI=1S/C19H14ClNO4/c20-13-3-1-12-8-14(4-2-11(12)7-13)21-16-10-18-17(24-5-6-25-18)9-15(16)19(22)23/h1-4,7-10,21H,5-6H2,(H,22,23). The van der Waals surface area contributed by atoms with Crippen molar-refractivity contribution in [3.8, 4) is 11.5 Å². The highest BCUT2D eigenvalue weighted by molar-refractivity contribution is 6.31. The Morgan fingerprint density at radius 2 is 1.64 bits per heavy atom. The number of anilines is 2. The molecule has 4 rings (SSSR count). The van der Waals surface area contributed by atoms with Crippen LogP contribution in [-0.4, -0.2) is 24.3 Å². The van der Waals surface area contributed by atoms with Gasteiger partial charge >= 0.3 is 5.97 Å². The van der Waals surface area contributed by atoms with Crippen LogP contribution in [0.1, 0.15) is 10.4 Å². The van der Waals surface area contributed by atoms with Crippen molar-refractivity contribution in [2.45, 2.75) is 0 Å². The summed E-state index contributed by atoms with van der Waals surface area (Å²) in [7, 11) is 0. The molecular formula is C19H14ClNO4. The van der Waals surface area contributed by atoms with Crippen LogP contribution in [0.3, 0.4) is 0 Å². The molecule has 1 aliphatic rings. The van der Waals surface area contributed by atoms with Crippen LogP contribution in [0.15, 0.2) is 48.5 Å². The van der Waals surface area contributed by atoms with E-state index in [4.69, 9.17) is 21.1 Å². The van der Waals surface area contributed by atoms with Gasteiger partial charge in [0.2, 0.25) is 0 Å². The normalized spacial score (nSPS) is 12.8. The fourth-order valence-electron chi connectivity index (χ4n) is 2.82. The number of hydrogen-bond acceptors (Lipinski definition) is 4. The van der Waals surface area contributed by atoms with Gasteiger partial charge in [-0.05, 0) is 35.0 Å². The second-order valence-electron chi connectivity index (χ2n) is 5.68. The molecule has 0 aliphatic carbocycles. The zero-order chi connectivity index (χ0) is 17.4. The molecule has 0 spiro atoms. The third kappa shape index (κ3) is 3.06. The zero-order valence-corrected chi connectivity index (χ0v) is 13.8. The van der Waals surface area contributed by atoms with E-state index in [0.717, 1.165) is 16.5 Å². The summed E-state index contributed by atoms with van der Waals surface area (Å²) in [6.07, 6.45) is 0. The van der Waals surface area contributed by atoms with Crippen LogP contribution >= 0.6 is 11.6 Å². The predicted molar refractivity (Wildman–Crippen MR) is 96.6 cm³/mol. The summed E-state index contributed by atoms with van der Waals surface area (Å²) >= 11 is 6.00. The lowest BCUT2D eigenvalue weighted by atomic mass is 10.1. The highest BCUT2D eigenvalue weighted by Crippen LogP contribution is 2.37. The smallest absolute Gasteiger partial charge is 0.337 e. The molecular weight excluding hydrogens is 342 g/mol. The van der Waals surface area contributed by atoms with E-state index in [-0.39, 0.29) is 5.56 Å². The van der Waals surface area contributed by atoms with E-state index in [1.165, 1.54) is 6.07 Å². The minimum absolute atomic E-state index is 0.125. The summed E-state index contributed by atoms with van der Waals surface area (Å²) in [6.45, 7) is 0.849. The average molecular weight is 356 g/mol. The maximum Gasteiger partial charge on any atom is 0.337 e. The summed E-state index contributed by atoms with van der Waals surface area (Å²) in [5, 5.41) is 15.3. The molecule has 0 atom stereocenters. The van der Waals surface area contributed by atoms with E-state index in [2.05, 4.69) is 5.32 Å². The van der Waals surface area contributed by atoms with Crippen molar-refractivity contribution in [1.29, 1.82) is 0 Å². The molecule has 6 heteroatoms. The third-order valence-corrected chi connectivity index (χ3v) is 4.23. The van der Waals surface area contributed by atoms with Gasteiger partial charge in [0.25, 0.3) is 0 Å². The Balaban J connectivity index is 1.74. The number of carbonyl (C=O) groups is 1. The molecule has 25 heavy (non-hydrogen) atoms. The Morgan fingerprint density at radius 1 is 0.960 bits per heavy atom. The predicted octanol–water partition coefficient (Wildman–Crippen LogP) is 4.71. The van der Waals surface area contributed by atoms with E-state index in [0.29, 0.717) is 35.4 Å². The fraction of sp³-hybridized carbons (Fsp3) is 0.105. The van der Waals surface area contributed by atoms with Gasteiger partial charge in [0.15, 0.2) is 11.5 Å². The maximum atomic E-state index is 11.6. The Kier molecular flexibility index (Phi) is 3.86. The Hall–Kier alpha value is -2.92. The summed E-state index contributed by atoms with van der Waals surface area (Å²) in [5.41, 5.74) is 1.35. The van der Waals surface area contributed by atoms with Gasteiger partial charge in [0.1, 0.15) is 13.2 Å². The number of halogens is 1. The molecule has 0 unspecified atom stereocenters. The first-order valence-electron chi connectivity index (χ1n) is 7.73. The molecule has 5 nitrogen and oxygen atoms in total. The highest BCUT2D eigenvalue weighted by atomic mass is 35.5. The van der Waals surface area contributed by atoms with E-state index < -0.39 is 5.97 Å². The summed E-state index contributed by atoms with van der Waals surface area (Å²) in [6, 6.07) is 14.5. The lowest BCUT2D eigenvalue weighted by Crippen LogP contribution is -2.16. The van der Waals surface area contributed by atoms with Crippen molar-refractivity contribution >= 4 is 39.7 Å². The number of carboxylic acid groups (broad SMARTS) is 1. The summed E-state index contributed by atoms with van der Waals surface area (Å²) in [5.74, 6) is -0.0549. The number of aromatic carboxylic acids is 1. The summed E-state index contributed by atoms with van der Waals surface area (Å²) in [4.78, 5) is 11.6. The lowest BCUT2D eigenvalue weighted by molar-refractivity contribution is 0.0697. The Labute approximate surface area is 148 Å². The number of fused-ring (bicyclic) bond motifs is 2.